The van der Waals surface area contributed by atoms with Crippen molar-refractivity contribution in [2.45, 2.75) is 6.92 Å². The highest BCUT2D eigenvalue weighted by atomic mass is 16.5. The molecule has 0 aromatic heterocycles. The molecule has 0 aliphatic rings. The van der Waals surface area contributed by atoms with Crippen LogP contribution in [0.2, 0.25) is 0 Å². The Morgan fingerprint density at radius 1 is 1.33 bits per heavy atom. The van der Waals surface area contributed by atoms with Gasteiger partial charge in [0, 0.05) is 0 Å². The molecule has 0 saturated heterocycles. The van der Waals surface area contributed by atoms with E-state index in [1.807, 2.05) is 6.92 Å². The predicted octanol–water partition coefficient (Wildman–Crippen LogP) is 1.76. The molecular formula is C13H14O5. The summed E-state index contributed by atoms with van der Waals surface area (Å²) in [7, 11) is 1.51. The summed E-state index contributed by atoms with van der Waals surface area (Å²) >= 11 is 0. The Balaban J connectivity index is 2.92. The first kappa shape index (κ1) is 13.8. The van der Waals surface area contributed by atoms with Crippen LogP contribution in [0.1, 0.15) is 12.5 Å². The molecule has 0 heterocycles. The van der Waals surface area contributed by atoms with E-state index >= 15 is 0 Å². The number of aliphatic carboxylic acids is 1. The molecule has 18 heavy (non-hydrogen) atoms. The molecule has 5 nitrogen and oxygen atoms in total. The Hall–Kier alpha value is -2.30. The Labute approximate surface area is 105 Å². The van der Waals surface area contributed by atoms with E-state index in [1.165, 1.54) is 13.2 Å². The number of ketones is 1. The molecule has 0 radical (unpaired) electrons. The molecule has 0 fully saturated rings. The predicted molar refractivity (Wildman–Crippen MR) is 65.8 cm³/mol. The molecule has 0 amide bonds. The van der Waals surface area contributed by atoms with E-state index in [9.17, 15) is 9.59 Å². The number of benzene rings is 1. The summed E-state index contributed by atoms with van der Waals surface area (Å²) in [6, 6.07) is 5.07. The van der Waals surface area contributed by atoms with Gasteiger partial charge in [0.15, 0.2) is 11.5 Å². The van der Waals surface area contributed by atoms with Crippen LogP contribution in [0.4, 0.5) is 0 Å². The van der Waals surface area contributed by atoms with E-state index in [4.69, 9.17) is 14.6 Å². The van der Waals surface area contributed by atoms with Gasteiger partial charge in [-0.25, -0.2) is 4.79 Å². The number of carboxylic acid groups (broad SMARTS) is 1. The number of carbonyl (C=O) groups excluding carboxylic acids is 1. The molecule has 0 atom stereocenters. The van der Waals surface area contributed by atoms with Crippen LogP contribution in [0.15, 0.2) is 24.3 Å². The third-order valence-corrected chi connectivity index (χ3v) is 2.13. The monoisotopic (exact) mass is 250 g/mol. The smallest absolute Gasteiger partial charge is 0.376 e. The van der Waals surface area contributed by atoms with Crippen LogP contribution in [0, 0.1) is 0 Å². The topological polar surface area (TPSA) is 72.8 Å². The third-order valence-electron chi connectivity index (χ3n) is 2.13. The fourth-order valence-corrected chi connectivity index (χ4v) is 1.31. The van der Waals surface area contributed by atoms with Crippen LogP contribution in [-0.4, -0.2) is 30.6 Å². The molecule has 0 saturated carbocycles. The van der Waals surface area contributed by atoms with Gasteiger partial charge in [-0.3, -0.25) is 4.79 Å². The van der Waals surface area contributed by atoms with Gasteiger partial charge < -0.3 is 14.6 Å². The van der Waals surface area contributed by atoms with Crippen molar-refractivity contribution in [3.8, 4) is 11.5 Å². The molecule has 1 aromatic carbocycles. The second-order valence-corrected chi connectivity index (χ2v) is 3.35. The number of hydrogen-bond donors (Lipinski definition) is 1. The minimum Gasteiger partial charge on any atom is -0.493 e. The molecule has 0 aliphatic carbocycles. The van der Waals surface area contributed by atoms with Crippen molar-refractivity contribution in [3.05, 3.63) is 29.8 Å². The van der Waals surface area contributed by atoms with Gasteiger partial charge >= 0.3 is 5.97 Å². The highest BCUT2D eigenvalue weighted by Gasteiger charge is 2.07. The van der Waals surface area contributed by atoms with Gasteiger partial charge in [0.2, 0.25) is 0 Å². The van der Waals surface area contributed by atoms with E-state index in [2.05, 4.69) is 0 Å². The maximum absolute atomic E-state index is 10.9. The Morgan fingerprint density at radius 2 is 2.06 bits per heavy atom. The zero-order valence-electron chi connectivity index (χ0n) is 10.2. The van der Waals surface area contributed by atoms with Crippen LogP contribution < -0.4 is 9.47 Å². The standard InChI is InChI=1S/C13H14O5/c1-3-18-11-7-5-9(8-12(11)17-2)4-6-10(14)13(15)16/h4-8H,3H2,1-2H3,(H,15,16)/b6-4+. The van der Waals surface area contributed by atoms with Crippen molar-refractivity contribution in [3.63, 3.8) is 0 Å². The van der Waals surface area contributed by atoms with Crippen molar-refractivity contribution in [2.75, 3.05) is 13.7 Å². The van der Waals surface area contributed by atoms with E-state index in [0.29, 0.717) is 23.7 Å². The van der Waals surface area contributed by atoms with Crippen LogP contribution in [-0.2, 0) is 9.59 Å². The molecule has 0 bridgehead atoms. The average Bonchev–Trinajstić information content (AvgIpc) is 2.37. The molecular weight excluding hydrogens is 236 g/mol. The Morgan fingerprint density at radius 3 is 2.61 bits per heavy atom. The normalized spacial score (nSPS) is 10.3. The average molecular weight is 250 g/mol. The lowest BCUT2D eigenvalue weighted by Gasteiger charge is -2.09. The lowest BCUT2D eigenvalue weighted by atomic mass is 10.1. The van der Waals surface area contributed by atoms with Gasteiger partial charge in [-0.2, -0.15) is 0 Å². The SMILES string of the molecule is CCOc1ccc(/C=C/C(=O)C(=O)O)cc1OC. The third kappa shape index (κ3) is 3.62. The highest BCUT2D eigenvalue weighted by Crippen LogP contribution is 2.28. The van der Waals surface area contributed by atoms with Gasteiger partial charge in [0.1, 0.15) is 0 Å². The van der Waals surface area contributed by atoms with Crippen molar-refractivity contribution in [1.82, 2.24) is 0 Å². The number of methoxy groups -OCH3 is 1. The molecule has 0 spiro atoms. The summed E-state index contributed by atoms with van der Waals surface area (Å²) in [6.45, 7) is 2.38. The van der Waals surface area contributed by atoms with Crippen LogP contribution in [0.3, 0.4) is 0 Å². The molecule has 1 aromatic rings. The molecule has 1 N–H and O–H groups in total. The zero-order chi connectivity index (χ0) is 13.5. The van der Waals surface area contributed by atoms with Gasteiger partial charge in [0.25, 0.3) is 5.78 Å². The Kier molecular flexibility index (Phi) is 4.92. The fourth-order valence-electron chi connectivity index (χ4n) is 1.31. The lowest BCUT2D eigenvalue weighted by Crippen LogP contribution is -2.08. The summed E-state index contributed by atoms with van der Waals surface area (Å²) in [5.74, 6) is -1.32. The van der Waals surface area contributed by atoms with Gasteiger partial charge in [-0.1, -0.05) is 12.1 Å². The summed E-state index contributed by atoms with van der Waals surface area (Å²) in [5, 5.41) is 8.43. The zero-order valence-corrected chi connectivity index (χ0v) is 10.2. The number of ether oxygens (including phenoxy) is 2. The molecule has 0 aliphatic heterocycles. The highest BCUT2D eigenvalue weighted by molar-refractivity contribution is 6.38. The van der Waals surface area contributed by atoms with Crippen molar-refractivity contribution in [2.24, 2.45) is 0 Å². The van der Waals surface area contributed by atoms with Crippen LogP contribution >= 0.6 is 0 Å². The Bertz CT molecular complexity index is 476. The first-order valence-corrected chi connectivity index (χ1v) is 5.34. The van der Waals surface area contributed by atoms with E-state index in [1.54, 1.807) is 18.2 Å². The minimum atomic E-state index is -1.48. The summed E-state index contributed by atoms with van der Waals surface area (Å²) in [4.78, 5) is 21.2. The fraction of sp³-hybridized carbons (Fsp3) is 0.231. The quantitative estimate of drug-likeness (QED) is 0.615. The van der Waals surface area contributed by atoms with E-state index in [0.717, 1.165) is 6.08 Å². The first-order chi connectivity index (χ1) is 8.58. The van der Waals surface area contributed by atoms with Gasteiger partial charge in [-0.15, -0.1) is 0 Å². The maximum Gasteiger partial charge on any atom is 0.376 e. The number of hydrogen-bond acceptors (Lipinski definition) is 4. The largest absolute Gasteiger partial charge is 0.493 e. The van der Waals surface area contributed by atoms with Crippen molar-refractivity contribution < 1.29 is 24.2 Å². The van der Waals surface area contributed by atoms with E-state index < -0.39 is 11.8 Å². The minimum absolute atomic E-state index is 0.517. The second kappa shape index (κ2) is 6.44. The summed E-state index contributed by atoms with van der Waals surface area (Å²) in [6.07, 6.45) is 2.41. The number of carboxylic acids is 1. The first-order valence-electron chi connectivity index (χ1n) is 5.34. The van der Waals surface area contributed by atoms with Gasteiger partial charge in [0.05, 0.1) is 13.7 Å². The van der Waals surface area contributed by atoms with Crippen LogP contribution in [0.5, 0.6) is 11.5 Å². The maximum atomic E-state index is 10.9. The number of carbonyl (C=O) groups is 2. The van der Waals surface area contributed by atoms with Crippen molar-refractivity contribution >= 4 is 17.8 Å². The number of rotatable bonds is 6. The second-order valence-electron chi connectivity index (χ2n) is 3.35. The summed E-state index contributed by atoms with van der Waals surface area (Å²) < 4.78 is 10.5. The molecule has 5 heteroatoms. The summed E-state index contributed by atoms with van der Waals surface area (Å²) in [5.41, 5.74) is 0.657. The molecule has 96 valence electrons. The van der Waals surface area contributed by atoms with E-state index in [-0.39, 0.29) is 0 Å². The van der Waals surface area contributed by atoms with Crippen LogP contribution in [0.25, 0.3) is 6.08 Å². The lowest BCUT2D eigenvalue weighted by molar-refractivity contribution is -0.146. The molecule has 0 unspecified atom stereocenters. The van der Waals surface area contributed by atoms with Crippen molar-refractivity contribution in [1.29, 1.82) is 0 Å². The molecule has 1 rings (SSSR count). The van der Waals surface area contributed by atoms with Gasteiger partial charge in [-0.05, 0) is 30.7 Å².